The van der Waals surface area contributed by atoms with E-state index in [0.29, 0.717) is 16.7 Å². The normalized spacial score (nSPS) is 12.8. The molecule has 0 saturated heterocycles. The predicted molar refractivity (Wildman–Crippen MR) is 65.6 cm³/mol. The molecular formula is C11H16N4O2. The summed E-state index contributed by atoms with van der Waals surface area (Å²) in [4.78, 5) is 0. The first-order valence-electron chi connectivity index (χ1n) is 5.61. The van der Waals surface area contributed by atoms with Gasteiger partial charge in [-0.1, -0.05) is 0 Å². The molecule has 1 unspecified atom stereocenters. The van der Waals surface area contributed by atoms with Crippen LogP contribution in [0.1, 0.15) is 19.8 Å². The molecule has 1 aromatic heterocycles. The number of nitrogens with zero attached hydrogens (tertiary/aromatic N) is 2. The number of aliphatic hydroxyl groups excluding tert-OH is 1. The van der Waals surface area contributed by atoms with Gasteiger partial charge in [0.25, 0.3) is 0 Å². The Bertz CT molecular complexity index is 495. The highest BCUT2D eigenvalue weighted by molar-refractivity contribution is 5.94. The molecule has 0 aliphatic heterocycles. The Hall–Kier alpha value is -1.82. The molecule has 0 saturated carbocycles. The van der Waals surface area contributed by atoms with Crippen molar-refractivity contribution < 1.29 is 9.74 Å². The van der Waals surface area contributed by atoms with Gasteiger partial charge < -0.3 is 16.2 Å². The van der Waals surface area contributed by atoms with Gasteiger partial charge in [-0.25, -0.2) is 4.63 Å². The van der Waals surface area contributed by atoms with Gasteiger partial charge in [-0.05, 0) is 42.2 Å². The minimum Gasteiger partial charge on any atom is -0.397 e. The number of hydrogen-bond acceptors (Lipinski definition) is 6. The van der Waals surface area contributed by atoms with E-state index in [0.717, 1.165) is 25.1 Å². The summed E-state index contributed by atoms with van der Waals surface area (Å²) in [7, 11) is 0. The Morgan fingerprint density at radius 3 is 2.94 bits per heavy atom. The summed E-state index contributed by atoms with van der Waals surface area (Å²) in [6.45, 7) is 2.54. The molecule has 4 N–H and O–H groups in total. The summed E-state index contributed by atoms with van der Waals surface area (Å²) in [6, 6.07) is 3.62. The molecule has 1 aromatic carbocycles. The molecule has 2 aromatic rings. The van der Waals surface area contributed by atoms with Crippen LogP contribution in [0.3, 0.4) is 0 Å². The lowest BCUT2D eigenvalue weighted by molar-refractivity contribution is 0.183. The fraction of sp³-hybridized carbons (Fsp3) is 0.455. The van der Waals surface area contributed by atoms with E-state index in [1.54, 1.807) is 13.0 Å². The van der Waals surface area contributed by atoms with Crippen LogP contribution in [0.25, 0.3) is 11.0 Å². The van der Waals surface area contributed by atoms with E-state index in [4.69, 9.17) is 10.8 Å². The summed E-state index contributed by atoms with van der Waals surface area (Å²) in [6.07, 6.45) is 1.38. The topological polar surface area (TPSA) is 97.2 Å². The Balaban J connectivity index is 2.04. The molecule has 2 rings (SSSR count). The van der Waals surface area contributed by atoms with Crippen molar-refractivity contribution in [2.75, 3.05) is 17.6 Å². The maximum atomic E-state index is 9.14. The summed E-state index contributed by atoms with van der Waals surface area (Å²) < 4.78 is 4.67. The van der Waals surface area contributed by atoms with Crippen LogP contribution in [-0.4, -0.2) is 28.1 Å². The van der Waals surface area contributed by atoms with Gasteiger partial charge in [-0.3, -0.25) is 0 Å². The second-order valence-corrected chi connectivity index (χ2v) is 4.08. The lowest BCUT2D eigenvalue weighted by Gasteiger charge is -2.07. The van der Waals surface area contributed by atoms with Crippen molar-refractivity contribution in [2.45, 2.75) is 25.9 Å². The Labute approximate surface area is 98.8 Å². The lowest BCUT2D eigenvalue weighted by atomic mass is 10.2. The van der Waals surface area contributed by atoms with E-state index >= 15 is 0 Å². The van der Waals surface area contributed by atoms with Crippen LogP contribution < -0.4 is 11.1 Å². The first-order valence-corrected chi connectivity index (χ1v) is 5.61. The van der Waals surface area contributed by atoms with E-state index < -0.39 is 0 Å². The van der Waals surface area contributed by atoms with Crippen LogP contribution in [0.15, 0.2) is 16.8 Å². The van der Waals surface area contributed by atoms with Gasteiger partial charge in [0.2, 0.25) is 0 Å². The van der Waals surface area contributed by atoms with E-state index in [1.807, 2.05) is 6.07 Å². The Kier molecular flexibility index (Phi) is 3.43. The highest BCUT2D eigenvalue weighted by atomic mass is 16.6. The lowest BCUT2D eigenvalue weighted by Crippen LogP contribution is -2.07. The first-order chi connectivity index (χ1) is 8.18. The monoisotopic (exact) mass is 236 g/mol. The van der Waals surface area contributed by atoms with Crippen LogP contribution in [0, 0.1) is 0 Å². The molecular weight excluding hydrogens is 220 g/mol. The van der Waals surface area contributed by atoms with Gasteiger partial charge in [-0.2, -0.15) is 0 Å². The highest BCUT2D eigenvalue weighted by Crippen LogP contribution is 2.24. The third-order valence-electron chi connectivity index (χ3n) is 2.56. The summed E-state index contributed by atoms with van der Waals surface area (Å²) in [5, 5.41) is 19.9. The smallest absolute Gasteiger partial charge is 0.160 e. The van der Waals surface area contributed by atoms with Crippen molar-refractivity contribution in [2.24, 2.45) is 0 Å². The first kappa shape index (κ1) is 11.7. The molecule has 92 valence electrons. The third-order valence-corrected chi connectivity index (χ3v) is 2.56. The number of nitrogens with one attached hydrogen (secondary N) is 1. The summed E-state index contributed by atoms with van der Waals surface area (Å²) in [5.74, 6) is 0. The zero-order valence-corrected chi connectivity index (χ0v) is 9.68. The van der Waals surface area contributed by atoms with Crippen LogP contribution in [0.5, 0.6) is 0 Å². The molecule has 1 atom stereocenters. The van der Waals surface area contributed by atoms with Crippen LogP contribution in [-0.2, 0) is 0 Å². The van der Waals surface area contributed by atoms with Crippen molar-refractivity contribution in [1.29, 1.82) is 0 Å². The minimum absolute atomic E-state index is 0.267. The number of anilines is 2. The number of aliphatic hydroxyl groups is 1. The Morgan fingerprint density at radius 1 is 1.41 bits per heavy atom. The molecule has 0 aliphatic carbocycles. The maximum Gasteiger partial charge on any atom is 0.160 e. The van der Waals surface area contributed by atoms with Gasteiger partial charge in [-0.15, -0.1) is 0 Å². The molecule has 17 heavy (non-hydrogen) atoms. The minimum atomic E-state index is -0.267. The molecule has 0 fully saturated rings. The highest BCUT2D eigenvalue weighted by Gasteiger charge is 2.09. The molecule has 0 bridgehead atoms. The number of aromatic nitrogens is 2. The quantitative estimate of drug-likeness (QED) is 0.536. The van der Waals surface area contributed by atoms with Crippen molar-refractivity contribution in [3.05, 3.63) is 12.1 Å². The average Bonchev–Trinajstić information content (AvgIpc) is 2.76. The maximum absolute atomic E-state index is 9.14. The predicted octanol–water partition coefficient (Wildman–Crippen LogP) is 1.38. The zero-order valence-electron chi connectivity index (χ0n) is 9.68. The fourth-order valence-corrected chi connectivity index (χ4v) is 1.65. The largest absolute Gasteiger partial charge is 0.397 e. The Morgan fingerprint density at radius 2 is 2.18 bits per heavy atom. The van der Waals surface area contributed by atoms with E-state index in [9.17, 15) is 0 Å². The summed E-state index contributed by atoms with van der Waals surface area (Å²) >= 11 is 0. The summed E-state index contributed by atoms with van der Waals surface area (Å²) in [5.41, 5.74) is 8.36. The average molecular weight is 236 g/mol. The van der Waals surface area contributed by atoms with E-state index in [1.165, 1.54) is 0 Å². The number of nitrogen functional groups attached to an aromatic ring is 1. The molecule has 6 heteroatoms. The van der Waals surface area contributed by atoms with Crippen LogP contribution in [0.2, 0.25) is 0 Å². The fourth-order valence-electron chi connectivity index (χ4n) is 1.65. The van der Waals surface area contributed by atoms with Crippen molar-refractivity contribution >= 4 is 22.4 Å². The van der Waals surface area contributed by atoms with Gasteiger partial charge in [0.05, 0.1) is 17.5 Å². The van der Waals surface area contributed by atoms with Crippen LogP contribution >= 0.6 is 0 Å². The molecule has 0 aliphatic rings. The standard InChI is InChI=1S/C11H16N4O2/c1-7(16)3-2-6-13-9-5-4-8(12)10-11(9)15-17-14-10/h4-5,7,13,16H,2-3,6,12H2,1H3. The number of benzene rings is 1. The molecule has 0 spiro atoms. The van der Waals surface area contributed by atoms with Gasteiger partial charge in [0.15, 0.2) is 11.0 Å². The van der Waals surface area contributed by atoms with Crippen LogP contribution in [0.4, 0.5) is 11.4 Å². The van der Waals surface area contributed by atoms with Crippen molar-refractivity contribution in [3.8, 4) is 0 Å². The van der Waals surface area contributed by atoms with Gasteiger partial charge in [0.1, 0.15) is 0 Å². The van der Waals surface area contributed by atoms with Crippen molar-refractivity contribution in [1.82, 2.24) is 10.3 Å². The van der Waals surface area contributed by atoms with Gasteiger partial charge >= 0.3 is 0 Å². The van der Waals surface area contributed by atoms with E-state index in [-0.39, 0.29) is 6.10 Å². The SMILES string of the molecule is CC(O)CCCNc1ccc(N)c2nonc12. The van der Waals surface area contributed by atoms with Crippen molar-refractivity contribution in [3.63, 3.8) is 0 Å². The zero-order chi connectivity index (χ0) is 12.3. The van der Waals surface area contributed by atoms with E-state index in [2.05, 4.69) is 20.3 Å². The number of nitrogens with two attached hydrogens (primary N) is 1. The number of fused-ring (bicyclic) bond motifs is 1. The molecule has 0 radical (unpaired) electrons. The second-order valence-electron chi connectivity index (χ2n) is 4.08. The molecule has 1 heterocycles. The second kappa shape index (κ2) is 5.01. The van der Waals surface area contributed by atoms with Gasteiger partial charge in [0, 0.05) is 6.54 Å². The number of hydrogen-bond donors (Lipinski definition) is 3. The molecule has 0 amide bonds. The molecule has 6 nitrogen and oxygen atoms in total. The third kappa shape index (κ3) is 2.65. The number of rotatable bonds is 5.